The minimum absolute atomic E-state index is 0.00440. The third-order valence-electron chi connectivity index (χ3n) is 4.19. The quantitative estimate of drug-likeness (QED) is 0.735. The fourth-order valence-electron chi connectivity index (χ4n) is 2.85. The molecule has 0 radical (unpaired) electrons. The van der Waals surface area contributed by atoms with Gasteiger partial charge < -0.3 is 10.2 Å². The number of amides is 2. The molecule has 20 heavy (non-hydrogen) atoms. The molecule has 0 spiro atoms. The van der Waals surface area contributed by atoms with Crippen molar-refractivity contribution in [3.63, 3.8) is 0 Å². The molecule has 1 heterocycles. The summed E-state index contributed by atoms with van der Waals surface area (Å²) in [5, 5.41) is 2.89. The van der Waals surface area contributed by atoms with Gasteiger partial charge >= 0.3 is 0 Å². The number of carbonyl (C=O) groups excluding carboxylic acids is 2. The molecule has 1 saturated heterocycles. The first kappa shape index (κ1) is 17.3. The van der Waals surface area contributed by atoms with E-state index < -0.39 is 11.1 Å². The first-order chi connectivity index (χ1) is 9.35. The van der Waals surface area contributed by atoms with Crippen LogP contribution in [0.4, 0.5) is 0 Å². The lowest BCUT2D eigenvalue weighted by molar-refractivity contribution is -0.162. The van der Waals surface area contributed by atoms with Crippen molar-refractivity contribution in [2.45, 2.75) is 65.0 Å². The summed E-state index contributed by atoms with van der Waals surface area (Å²) in [6, 6.07) is 0. The van der Waals surface area contributed by atoms with Crippen molar-refractivity contribution in [3.8, 4) is 0 Å². The monoisotopic (exact) mass is 300 g/mol. The number of hydrogen-bond acceptors (Lipinski definition) is 3. The van der Waals surface area contributed by atoms with Crippen LogP contribution in [0.25, 0.3) is 0 Å². The number of hydrogen-bond donors (Lipinski definition) is 1. The van der Waals surface area contributed by atoms with E-state index >= 15 is 0 Å². The predicted octanol–water partition coefficient (Wildman–Crippen LogP) is 2.43. The second-order valence-corrected chi connectivity index (χ2v) is 7.22. The number of piperazine rings is 1. The van der Waals surface area contributed by atoms with Crippen LogP contribution in [0.3, 0.4) is 0 Å². The molecule has 0 unspecified atom stereocenters. The molecule has 0 atom stereocenters. The fourth-order valence-corrected chi connectivity index (χ4v) is 3.47. The van der Waals surface area contributed by atoms with E-state index in [1.807, 2.05) is 30.5 Å². The van der Waals surface area contributed by atoms with Gasteiger partial charge in [0, 0.05) is 6.54 Å². The van der Waals surface area contributed by atoms with E-state index in [1.54, 1.807) is 13.8 Å². The Hall–Kier alpha value is -0.710. The highest BCUT2D eigenvalue weighted by molar-refractivity contribution is 7.99. The molecule has 116 valence electrons. The van der Waals surface area contributed by atoms with Gasteiger partial charge in [0.05, 0.1) is 0 Å². The van der Waals surface area contributed by atoms with Crippen LogP contribution < -0.4 is 5.32 Å². The molecule has 0 aromatic rings. The van der Waals surface area contributed by atoms with Gasteiger partial charge in [-0.05, 0) is 44.6 Å². The molecule has 0 aromatic carbocycles. The molecular formula is C15H28N2O2S. The molecule has 2 amide bonds. The van der Waals surface area contributed by atoms with Crippen molar-refractivity contribution in [2.24, 2.45) is 0 Å². The summed E-state index contributed by atoms with van der Waals surface area (Å²) in [4.78, 5) is 27.1. The maximum Gasteiger partial charge on any atom is 0.248 e. The Kier molecular flexibility index (Phi) is 5.92. The first-order valence-electron chi connectivity index (χ1n) is 7.58. The average Bonchev–Trinajstić information content (AvgIpc) is 2.40. The summed E-state index contributed by atoms with van der Waals surface area (Å²) in [7, 11) is 0. The Balaban J connectivity index is 2.95. The largest absolute Gasteiger partial charge is 0.340 e. The minimum Gasteiger partial charge on any atom is -0.340 e. The smallest absolute Gasteiger partial charge is 0.248 e. The van der Waals surface area contributed by atoms with Crippen LogP contribution in [0.15, 0.2) is 0 Å². The van der Waals surface area contributed by atoms with Crippen molar-refractivity contribution in [3.05, 3.63) is 0 Å². The Labute approximate surface area is 127 Å². The van der Waals surface area contributed by atoms with Crippen LogP contribution in [0, 0.1) is 0 Å². The van der Waals surface area contributed by atoms with Crippen LogP contribution in [-0.4, -0.2) is 45.8 Å². The molecule has 5 heteroatoms. The van der Waals surface area contributed by atoms with Gasteiger partial charge in [0.1, 0.15) is 11.1 Å². The van der Waals surface area contributed by atoms with Gasteiger partial charge in [0.25, 0.3) is 0 Å². The number of nitrogens with one attached hydrogen (secondary N) is 1. The zero-order valence-corrected chi connectivity index (χ0v) is 14.2. The lowest BCUT2D eigenvalue weighted by Gasteiger charge is -2.50. The second-order valence-electron chi connectivity index (χ2n) is 5.83. The van der Waals surface area contributed by atoms with E-state index in [4.69, 9.17) is 0 Å². The number of rotatable bonds is 7. The molecule has 0 bridgehead atoms. The lowest BCUT2D eigenvalue weighted by Crippen LogP contribution is -2.74. The van der Waals surface area contributed by atoms with E-state index in [9.17, 15) is 9.59 Å². The molecule has 1 rings (SSSR count). The van der Waals surface area contributed by atoms with Crippen molar-refractivity contribution < 1.29 is 9.59 Å². The molecule has 1 aliphatic heterocycles. The molecule has 0 aliphatic carbocycles. The van der Waals surface area contributed by atoms with E-state index in [0.717, 1.165) is 17.9 Å². The molecule has 0 saturated carbocycles. The third-order valence-corrected chi connectivity index (χ3v) is 5.18. The third kappa shape index (κ3) is 3.13. The van der Waals surface area contributed by atoms with Crippen molar-refractivity contribution >= 4 is 23.6 Å². The molecular weight excluding hydrogens is 272 g/mol. The minimum atomic E-state index is -0.789. The second kappa shape index (κ2) is 6.83. The summed E-state index contributed by atoms with van der Waals surface area (Å²) in [6.07, 6.45) is 2.27. The van der Waals surface area contributed by atoms with Gasteiger partial charge in [-0.3, -0.25) is 9.59 Å². The number of thioether (sulfide) groups is 1. The maximum absolute atomic E-state index is 12.7. The van der Waals surface area contributed by atoms with Gasteiger partial charge in [-0.1, -0.05) is 20.8 Å². The van der Waals surface area contributed by atoms with Gasteiger partial charge in [-0.2, -0.15) is 11.8 Å². The molecule has 1 N–H and O–H groups in total. The van der Waals surface area contributed by atoms with E-state index in [-0.39, 0.29) is 11.8 Å². The number of carbonyl (C=O) groups is 2. The summed E-state index contributed by atoms with van der Waals surface area (Å²) in [6.45, 7) is 10.4. The van der Waals surface area contributed by atoms with Crippen molar-refractivity contribution in [2.75, 3.05) is 18.1 Å². The summed E-state index contributed by atoms with van der Waals surface area (Å²) >= 11 is 1.88. The molecule has 0 aromatic heterocycles. The SMILES string of the molecule is CCSCCCN1C(=O)C(C)(C)NC(=O)C1(CC)CC. The van der Waals surface area contributed by atoms with Crippen molar-refractivity contribution in [1.29, 1.82) is 0 Å². The van der Waals surface area contributed by atoms with Gasteiger partial charge in [0.15, 0.2) is 0 Å². The molecule has 4 nitrogen and oxygen atoms in total. The zero-order chi connectivity index (χ0) is 15.4. The molecule has 1 aliphatic rings. The maximum atomic E-state index is 12.7. The normalized spacial score (nSPS) is 20.9. The first-order valence-corrected chi connectivity index (χ1v) is 8.73. The van der Waals surface area contributed by atoms with Crippen LogP contribution in [0.1, 0.15) is 53.9 Å². The summed E-state index contributed by atoms with van der Waals surface area (Å²) in [5.41, 5.74) is -1.45. The van der Waals surface area contributed by atoms with E-state index in [2.05, 4.69) is 12.2 Å². The van der Waals surface area contributed by atoms with Crippen LogP contribution >= 0.6 is 11.8 Å². The van der Waals surface area contributed by atoms with E-state index in [0.29, 0.717) is 19.4 Å². The fraction of sp³-hybridized carbons (Fsp3) is 0.867. The Morgan fingerprint density at radius 2 is 1.75 bits per heavy atom. The van der Waals surface area contributed by atoms with Crippen LogP contribution in [-0.2, 0) is 9.59 Å². The highest BCUT2D eigenvalue weighted by atomic mass is 32.2. The standard InChI is InChI=1S/C15H28N2O2S/c1-6-15(7-2)12(18)16-14(4,5)13(19)17(15)10-9-11-20-8-3/h6-11H2,1-5H3,(H,16,18). The van der Waals surface area contributed by atoms with E-state index in [1.165, 1.54) is 0 Å². The molecule has 1 fully saturated rings. The number of nitrogens with zero attached hydrogens (tertiary/aromatic N) is 1. The Morgan fingerprint density at radius 3 is 2.25 bits per heavy atom. The Morgan fingerprint density at radius 1 is 1.15 bits per heavy atom. The summed E-state index contributed by atoms with van der Waals surface area (Å²) in [5.74, 6) is 2.16. The van der Waals surface area contributed by atoms with Gasteiger partial charge in [-0.15, -0.1) is 0 Å². The summed E-state index contributed by atoms with van der Waals surface area (Å²) < 4.78 is 0. The van der Waals surface area contributed by atoms with Crippen LogP contribution in [0.5, 0.6) is 0 Å². The lowest BCUT2D eigenvalue weighted by atomic mass is 9.82. The van der Waals surface area contributed by atoms with Crippen LogP contribution in [0.2, 0.25) is 0 Å². The van der Waals surface area contributed by atoms with Gasteiger partial charge in [-0.25, -0.2) is 0 Å². The highest BCUT2D eigenvalue weighted by Gasteiger charge is 2.52. The Bertz CT molecular complexity index is 365. The van der Waals surface area contributed by atoms with Gasteiger partial charge in [0.2, 0.25) is 11.8 Å². The topological polar surface area (TPSA) is 49.4 Å². The predicted molar refractivity (Wildman–Crippen MR) is 84.9 cm³/mol. The average molecular weight is 300 g/mol. The zero-order valence-electron chi connectivity index (χ0n) is 13.4. The van der Waals surface area contributed by atoms with Crippen molar-refractivity contribution in [1.82, 2.24) is 10.2 Å². The highest BCUT2D eigenvalue weighted by Crippen LogP contribution is 2.32.